The Hall–Kier alpha value is -0.940. The van der Waals surface area contributed by atoms with Gasteiger partial charge in [-0.05, 0) is 12.8 Å². The second kappa shape index (κ2) is 19.4. The molecule has 0 saturated carbocycles. The highest BCUT2D eigenvalue weighted by atomic mass is 16.5. The quantitative estimate of drug-likeness (QED) is 0.199. The molecule has 5 nitrogen and oxygen atoms in total. The fraction of sp³-hybridized carbons (Fsp3) is 0.900. The average molecular weight is 358 g/mol. The van der Waals surface area contributed by atoms with Gasteiger partial charge in [-0.3, -0.25) is 4.79 Å². The third-order valence-electron chi connectivity index (χ3n) is 4.28. The minimum atomic E-state index is -0.134. The van der Waals surface area contributed by atoms with Gasteiger partial charge in [0.2, 0.25) is 0 Å². The summed E-state index contributed by atoms with van der Waals surface area (Å²) in [5.74, 6) is -0.134. The monoisotopic (exact) mass is 357 g/mol. The zero-order valence-corrected chi connectivity index (χ0v) is 16.5. The number of esters is 1. The molecule has 0 aromatic rings. The van der Waals surface area contributed by atoms with E-state index in [2.05, 4.69) is 11.8 Å². The molecule has 0 saturated heterocycles. The Labute approximate surface area is 154 Å². The van der Waals surface area contributed by atoms with Gasteiger partial charge in [0.05, 0.1) is 13.0 Å². The molecule has 0 radical (unpaired) electrons. The molecular formula is C20H39NO4. The van der Waals surface area contributed by atoms with Crippen LogP contribution < -0.4 is 0 Å². The van der Waals surface area contributed by atoms with Crippen LogP contribution in [0.15, 0.2) is 0 Å². The lowest BCUT2D eigenvalue weighted by Crippen LogP contribution is -2.30. The van der Waals surface area contributed by atoms with Crippen molar-refractivity contribution >= 4 is 12.3 Å². The topological polar surface area (TPSA) is 55.8 Å². The molecule has 0 bridgehead atoms. The van der Waals surface area contributed by atoms with E-state index < -0.39 is 0 Å². The van der Waals surface area contributed by atoms with E-state index in [0.29, 0.717) is 39.1 Å². The van der Waals surface area contributed by atoms with Crippen molar-refractivity contribution in [2.24, 2.45) is 0 Å². The molecule has 0 heterocycles. The minimum Gasteiger partial charge on any atom is -0.466 e. The standard InChI is InChI=1S/C20H39NO4/c1-3-4-5-6-7-8-9-10-19-25-20(23)13-16-21(14-11-17-22)15-12-18-24-2/h17H,3-16,18-19H2,1-2H3. The first-order valence-electron chi connectivity index (χ1n) is 10.0. The molecule has 0 spiro atoms. The molecule has 0 N–H and O–H groups in total. The maximum atomic E-state index is 11.8. The van der Waals surface area contributed by atoms with Gasteiger partial charge in [-0.1, -0.05) is 51.9 Å². The summed E-state index contributed by atoms with van der Waals surface area (Å²) in [6, 6.07) is 0. The van der Waals surface area contributed by atoms with Crippen LogP contribution in [-0.2, 0) is 19.1 Å². The molecule has 0 aliphatic rings. The second-order valence-corrected chi connectivity index (χ2v) is 6.59. The van der Waals surface area contributed by atoms with Gasteiger partial charge >= 0.3 is 5.97 Å². The number of aldehydes is 1. The number of rotatable bonds is 19. The van der Waals surface area contributed by atoms with Crippen molar-refractivity contribution in [1.82, 2.24) is 4.90 Å². The largest absolute Gasteiger partial charge is 0.466 e. The summed E-state index contributed by atoms with van der Waals surface area (Å²) in [4.78, 5) is 24.5. The zero-order valence-electron chi connectivity index (χ0n) is 16.5. The summed E-state index contributed by atoms with van der Waals surface area (Å²) in [6.07, 6.45) is 12.6. The van der Waals surface area contributed by atoms with E-state index in [4.69, 9.17) is 9.47 Å². The van der Waals surface area contributed by atoms with Gasteiger partial charge < -0.3 is 19.2 Å². The first-order chi connectivity index (χ1) is 12.2. The molecular weight excluding hydrogens is 318 g/mol. The molecule has 0 unspecified atom stereocenters. The Morgan fingerprint density at radius 3 is 2.20 bits per heavy atom. The third-order valence-corrected chi connectivity index (χ3v) is 4.28. The van der Waals surface area contributed by atoms with Crippen molar-refractivity contribution in [3.63, 3.8) is 0 Å². The van der Waals surface area contributed by atoms with Gasteiger partial charge in [-0.15, -0.1) is 0 Å². The van der Waals surface area contributed by atoms with E-state index in [1.54, 1.807) is 7.11 Å². The highest BCUT2D eigenvalue weighted by molar-refractivity contribution is 5.69. The van der Waals surface area contributed by atoms with E-state index >= 15 is 0 Å². The van der Waals surface area contributed by atoms with Crippen molar-refractivity contribution in [2.45, 2.75) is 77.6 Å². The summed E-state index contributed by atoms with van der Waals surface area (Å²) in [5, 5.41) is 0. The molecule has 5 heteroatoms. The number of carbonyl (C=O) groups is 2. The summed E-state index contributed by atoms with van der Waals surface area (Å²) in [5.41, 5.74) is 0. The molecule has 0 aromatic heterocycles. The van der Waals surface area contributed by atoms with Crippen LogP contribution in [0.1, 0.15) is 77.6 Å². The first-order valence-corrected chi connectivity index (χ1v) is 10.0. The van der Waals surface area contributed by atoms with Crippen LogP contribution >= 0.6 is 0 Å². The van der Waals surface area contributed by atoms with Crippen molar-refractivity contribution in [2.75, 3.05) is 40.0 Å². The lowest BCUT2D eigenvalue weighted by molar-refractivity contribution is -0.144. The summed E-state index contributed by atoms with van der Waals surface area (Å²) in [7, 11) is 1.68. The number of carbonyl (C=O) groups excluding carboxylic acids is 2. The van der Waals surface area contributed by atoms with Crippen LogP contribution in [0.4, 0.5) is 0 Å². The van der Waals surface area contributed by atoms with Gasteiger partial charge in [0.25, 0.3) is 0 Å². The molecule has 0 aliphatic carbocycles. The van der Waals surface area contributed by atoms with Gasteiger partial charge in [0.15, 0.2) is 0 Å². The first kappa shape index (κ1) is 24.1. The smallest absolute Gasteiger partial charge is 0.307 e. The van der Waals surface area contributed by atoms with Crippen LogP contribution in [0.5, 0.6) is 0 Å². The molecule has 148 valence electrons. The number of hydrogen-bond donors (Lipinski definition) is 0. The zero-order chi connectivity index (χ0) is 18.6. The fourth-order valence-corrected chi connectivity index (χ4v) is 2.75. The highest BCUT2D eigenvalue weighted by Crippen LogP contribution is 2.08. The number of hydrogen-bond acceptors (Lipinski definition) is 5. The van der Waals surface area contributed by atoms with Crippen LogP contribution in [0.2, 0.25) is 0 Å². The maximum absolute atomic E-state index is 11.8. The van der Waals surface area contributed by atoms with Gasteiger partial charge in [-0.25, -0.2) is 0 Å². The van der Waals surface area contributed by atoms with E-state index in [1.165, 1.54) is 38.5 Å². The maximum Gasteiger partial charge on any atom is 0.307 e. The number of nitrogens with zero attached hydrogens (tertiary/aromatic N) is 1. The van der Waals surface area contributed by atoms with Crippen LogP contribution in [0.25, 0.3) is 0 Å². The normalized spacial score (nSPS) is 11.0. The van der Waals surface area contributed by atoms with Crippen LogP contribution in [0.3, 0.4) is 0 Å². The average Bonchev–Trinajstić information content (AvgIpc) is 2.62. The lowest BCUT2D eigenvalue weighted by Gasteiger charge is -2.20. The minimum absolute atomic E-state index is 0.134. The molecule has 0 fully saturated rings. The van der Waals surface area contributed by atoms with Crippen molar-refractivity contribution in [1.29, 1.82) is 0 Å². The van der Waals surface area contributed by atoms with Gasteiger partial charge in [0, 0.05) is 39.8 Å². The van der Waals surface area contributed by atoms with Crippen molar-refractivity contribution in [3.8, 4) is 0 Å². The lowest BCUT2D eigenvalue weighted by atomic mass is 10.1. The van der Waals surface area contributed by atoms with E-state index in [-0.39, 0.29) is 5.97 Å². The van der Waals surface area contributed by atoms with Gasteiger partial charge in [0.1, 0.15) is 6.29 Å². The Balaban J connectivity index is 3.61. The highest BCUT2D eigenvalue weighted by Gasteiger charge is 2.09. The summed E-state index contributed by atoms with van der Waals surface area (Å²) >= 11 is 0. The molecule has 0 aliphatic heterocycles. The Bertz CT molecular complexity index is 310. The number of ether oxygens (including phenoxy) is 2. The Kier molecular flexibility index (Phi) is 18.7. The molecule has 0 amide bonds. The number of unbranched alkanes of at least 4 members (excludes halogenated alkanes) is 7. The van der Waals surface area contributed by atoms with Gasteiger partial charge in [-0.2, -0.15) is 0 Å². The molecule has 0 rings (SSSR count). The van der Waals surface area contributed by atoms with E-state index in [0.717, 1.165) is 32.1 Å². The van der Waals surface area contributed by atoms with Crippen molar-refractivity contribution in [3.05, 3.63) is 0 Å². The molecule has 0 aromatic carbocycles. The summed E-state index contributed by atoms with van der Waals surface area (Å²) < 4.78 is 10.4. The fourth-order valence-electron chi connectivity index (χ4n) is 2.75. The summed E-state index contributed by atoms with van der Waals surface area (Å²) in [6.45, 7) is 5.64. The molecule has 25 heavy (non-hydrogen) atoms. The SMILES string of the molecule is CCCCCCCCCCOC(=O)CCN(CCC=O)CCCOC. The molecule has 0 atom stereocenters. The van der Waals surface area contributed by atoms with Crippen LogP contribution in [0, 0.1) is 0 Å². The Morgan fingerprint density at radius 1 is 0.880 bits per heavy atom. The van der Waals surface area contributed by atoms with Crippen LogP contribution in [-0.4, -0.2) is 57.1 Å². The Morgan fingerprint density at radius 2 is 1.56 bits per heavy atom. The van der Waals surface area contributed by atoms with E-state index in [9.17, 15) is 9.59 Å². The van der Waals surface area contributed by atoms with Crippen molar-refractivity contribution < 1.29 is 19.1 Å². The number of methoxy groups -OCH3 is 1. The van der Waals surface area contributed by atoms with E-state index in [1.807, 2.05) is 0 Å². The third kappa shape index (κ3) is 17.7. The predicted molar refractivity (Wildman–Crippen MR) is 102 cm³/mol. The second-order valence-electron chi connectivity index (χ2n) is 6.59. The predicted octanol–water partition coefficient (Wildman–Crippen LogP) is 3.99.